The summed E-state index contributed by atoms with van der Waals surface area (Å²) >= 11 is 5.93. The molecule has 1 aliphatic carbocycles. The molecule has 4 rings (SSSR count). The van der Waals surface area contributed by atoms with Gasteiger partial charge in [-0.15, -0.1) is 11.6 Å². The quantitative estimate of drug-likeness (QED) is 0.574. The number of aryl methyl sites for hydroxylation is 1. The van der Waals surface area contributed by atoms with Crippen molar-refractivity contribution in [1.82, 2.24) is 14.8 Å². The molecular formula is C19H23ClN4O2. The molecule has 0 amide bonds. The second kappa shape index (κ2) is 6.91. The number of pyridine rings is 1. The number of ether oxygens (including phenoxy) is 1. The lowest BCUT2D eigenvalue weighted by Crippen LogP contribution is -2.23. The highest BCUT2D eigenvalue weighted by Gasteiger charge is 2.45. The molecule has 1 saturated heterocycles. The van der Waals surface area contributed by atoms with Crippen molar-refractivity contribution in [2.24, 2.45) is 11.8 Å². The number of alkyl halides is 1. The Morgan fingerprint density at radius 2 is 2.12 bits per heavy atom. The third kappa shape index (κ3) is 3.30. The molecule has 0 bridgehead atoms. The Morgan fingerprint density at radius 3 is 2.77 bits per heavy atom. The molecule has 3 heterocycles. The van der Waals surface area contributed by atoms with E-state index < -0.39 is 0 Å². The first kappa shape index (κ1) is 17.3. The maximum atomic E-state index is 12.0. The Bertz CT molecular complexity index is 825. The van der Waals surface area contributed by atoms with Crippen LogP contribution in [-0.4, -0.2) is 40.4 Å². The van der Waals surface area contributed by atoms with E-state index in [1.807, 2.05) is 6.92 Å². The summed E-state index contributed by atoms with van der Waals surface area (Å²) in [6.07, 6.45) is 3.09. The van der Waals surface area contributed by atoms with Crippen LogP contribution in [0.2, 0.25) is 0 Å². The van der Waals surface area contributed by atoms with Gasteiger partial charge < -0.3 is 9.64 Å². The van der Waals surface area contributed by atoms with Crippen molar-refractivity contribution in [3.63, 3.8) is 0 Å². The molecule has 0 aromatic carbocycles. The summed E-state index contributed by atoms with van der Waals surface area (Å²) in [6, 6.07) is 4.19. The van der Waals surface area contributed by atoms with Crippen molar-refractivity contribution in [2.45, 2.75) is 32.7 Å². The SMILES string of the molecule is CCOC(=O)c1cn(Cc2ccc(N3CC4CC4C3)nc2C)nc1CCl. The van der Waals surface area contributed by atoms with Crippen LogP contribution in [0.5, 0.6) is 0 Å². The molecule has 0 N–H and O–H groups in total. The van der Waals surface area contributed by atoms with Gasteiger partial charge in [0.25, 0.3) is 0 Å². The number of carbonyl (C=O) groups is 1. The van der Waals surface area contributed by atoms with Crippen LogP contribution < -0.4 is 4.90 Å². The number of halogens is 1. The normalized spacial score (nSPS) is 21.0. The maximum Gasteiger partial charge on any atom is 0.341 e. The fraction of sp³-hybridized carbons (Fsp3) is 0.526. The average molecular weight is 375 g/mol. The van der Waals surface area contributed by atoms with Crippen LogP contribution in [0.4, 0.5) is 5.82 Å². The predicted octanol–water partition coefficient (Wildman–Crippen LogP) is 3.01. The van der Waals surface area contributed by atoms with Gasteiger partial charge in [-0.1, -0.05) is 6.07 Å². The summed E-state index contributed by atoms with van der Waals surface area (Å²) in [7, 11) is 0. The van der Waals surface area contributed by atoms with Gasteiger partial charge in [0.15, 0.2) is 0 Å². The zero-order chi connectivity index (χ0) is 18.3. The van der Waals surface area contributed by atoms with E-state index in [2.05, 4.69) is 22.1 Å². The van der Waals surface area contributed by atoms with Crippen LogP contribution in [-0.2, 0) is 17.2 Å². The van der Waals surface area contributed by atoms with Crippen molar-refractivity contribution in [2.75, 3.05) is 24.6 Å². The third-order valence-corrected chi connectivity index (χ3v) is 5.53. The molecule has 1 saturated carbocycles. The van der Waals surface area contributed by atoms with Crippen molar-refractivity contribution >= 4 is 23.4 Å². The summed E-state index contributed by atoms with van der Waals surface area (Å²) in [4.78, 5) is 19.2. The molecule has 6 nitrogen and oxygen atoms in total. The van der Waals surface area contributed by atoms with E-state index in [9.17, 15) is 4.79 Å². The first-order chi connectivity index (χ1) is 12.6. The van der Waals surface area contributed by atoms with Gasteiger partial charge in [-0.05, 0) is 43.7 Å². The Morgan fingerprint density at radius 1 is 1.35 bits per heavy atom. The molecule has 2 aromatic rings. The van der Waals surface area contributed by atoms with Crippen molar-refractivity contribution in [3.05, 3.63) is 40.8 Å². The third-order valence-electron chi connectivity index (χ3n) is 5.28. The van der Waals surface area contributed by atoms with E-state index >= 15 is 0 Å². The summed E-state index contributed by atoms with van der Waals surface area (Å²) < 4.78 is 6.81. The van der Waals surface area contributed by atoms with Crippen molar-refractivity contribution in [3.8, 4) is 0 Å². The number of rotatable bonds is 6. The fourth-order valence-electron chi connectivity index (χ4n) is 3.70. The van der Waals surface area contributed by atoms with Crippen LogP contribution >= 0.6 is 11.6 Å². The molecule has 1 aliphatic heterocycles. The van der Waals surface area contributed by atoms with Crippen LogP contribution in [0.25, 0.3) is 0 Å². The first-order valence-corrected chi connectivity index (χ1v) is 9.63. The number of anilines is 1. The number of aromatic nitrogens is 3. The minimum Gasteiger partial charge on any atom is -0.462 e. The van der Waals surface area contributed by atoms with E-state index in [-0.39, 0.29) is 11.8 Å². The molecule has 0 spiro atoms. The molecule has 138 valence electrons. The number of hydrogen-bond donors (Lipinski definition) is 0. The Labute approximate surface area is 158 Å². The van der Waals surface area contributed by atoms with Gasteiger partial charge in [0, 0.05) is 25.0 Å². The molecule has 0 radical (unpaired) electrons. The van der Waals surface area contributed by atoms with Crippen molar-refractivity contribution in [1.29, 1.82) is 0 Å². The standard InChI is InChI=1S/C19H23ClN4O2/c1-3-26-19(25)16-11-24(22-17(16)7-20)10-13-4-5-18(21-12(13)2)23-8-14-6-15(14)9-23/h4-5,11,14-15H,3,6-10H2,1-2H3. The van der Waals surface area contributed by atoms with E-state index in [0.29, 0.717) is 24.4 Å². The fourth-order valence-corrected chi connectivity index (χ4v) is 3.90. The largest absolute Gasteiger partial charge is 0.462 e. The van der Waals surface area contributed by atoms with Gasteiger partial charge in [-0.25, -0.2) is 9.78 Å². The summed E-state index contributed by atoms with van der Waals surface area (Å²) in [6.45, 7) is 6.95. The predicted molar refractivity (Wildman–Crippen MR) is 99.6 cm³/mol. The maximum absolute atomic E-state index is 12.0. The second-order valence-electron chi connectivity index (χ2n) is 7.12. The van der Waals surface area contributed by atoms with Gasteiger partial charge in [0.05, 0.1) is 24.7 Å². The summed E-state index contributed by atoms with van der Waals surface area (Å²) in [5, 5.41) is 4.43. The molecule has 26 heavy (non-hydrogen) atoms. The smallest absolute Gasteiger partial charge is 0.341 e. The van der Waals surface area contributed by atoms with E-state index in [1.54, 1.807) is 17.8 Å². The Balaban J connectivity index is 1.51. The zero-order valence-corrected chi connectivity index (χ0v) is 15.9. The van der Waals surface area contributed by atoms with E-state index in [4.69, 9.17) is 21.3 Å². The number of hydrogen-bond acceptors (Lipinski definition) is 5. The van der Waals surface area contributed by atoms with Crippen LogP contribution in [0.1, 0.15) is 40.7 Å². The zero-order valence-electron chi connectivity index (χ0n) is 15.1. The highest BCUT2D eigenvalue weighted by molar-refractivity contribution is 6.17. The number of nitrogens with zero attached hydrogens (tertiary/aromatic N) is 4. The molecule has 2 aromatic heterocycles. The molecule has 2 aliphatic rings. The Kier molecular flexibility index (Phi) is 4.61. The number of piperidine rings is 1. The number of carbonyl (C=O) groups excluding carboxylic acids is 1. The molecule has 2 atom stereocenters. The Hall–Kier alpha value is -2.08. The van der Waals surface area contributed by atoms with E-state index in [1.165, 1.54) is 6.42 Å². The van der Waals surface area contributed by atoms with Crippen molar-refractivity contribution < 1.29 is 9.53 Å². The summed E-state index contributed by atoms with van der Waals surface area (Å²) in [5.74, 6) is 2.63. The van der Waals surface area contributed by atoms with Gasteiger partial charge >= 0.3 is 5.97 Å². The van der Waals surface area contributed by atoms with Crippen LogP contribution in [0.3, 0.4) is 0 Å². The highest BCUT2D eigenvalue weighted by Crippen LogP contribution is 2.45. The van der Waals surface area contributed by atoms with Gasteiger partial charge in [0.2, 0.25) is 0 Å². The van der Waals surface area contributed by atoms with Crippen LogP contribution in [0.15, 0.2) is 18.3 Å². The minimum atomic E-state index is -0.382. The number of fused-ring (bicyclic) bond motifs is 1. The van der Waals surface area contributed by atoms with Crippen LogP contribution in [0, 0.1) is 18.8 Å². The molecular weight excluding hydrogens is 352 g/mol. The lowest BCUT2D eigenvalue weighted by molar-refractivity contribution is 0.0525. The average Bonchev–Trinajstić information content (AvgIpc) is 3.05. The highest BCUT2D eigenvalue weighted by atomic mass is 35.5. The molecule has 7 heteroatoms. The monoisotopic (exact) mass is 374 g/mol. The topological polar surface area (TPSA) is 60.2 Å². The molecule has 2 fully saturated rings. The minimum absolute atomic E-state index is 0.175. The molecule has 2 unspecified atom stereocenters. The van der Waals surface area contributed by atoms with Gasteiger partial charge in [-0.3, -0.25) is 4.68 Å². The van der Waals surface area contributed by atoms with E-state index in [0.717, 1.165) is 42.0 Å². The lowest BCUT2D eigenvalue weighted by Gasteiger charge is -2.20. The first-order valence-electron chi connectivity index (χ1n) is 9.10. The second-order valence-corrected chi connectivity index (χ2v) is 7.38. The summed E-state index contributed by atoms with van der Waals surface area (Å²) in [5.41, 5.74) is 3.05. The van der Waals surface area contributed by atoms with Gasteiger partial charge in [0.1, 0.15) is 11.4 Å². The lowest BCUT2D eigenvalue weighted by atomic mass is 10.2. The van der Waals surface area contributed by atoms with Gasteiger partial charge in [-0.2, -0.15) is 5.10 Å². The number of esters is 1.